The maximum atomic E-state index is 14.4. The number of methoxy groups -OCH3 is 2. The second-order valence-electron chi connectivity index (χ2n) is 6.34. The summed E-state index contributed by atoms with van der Waals surface area (Å²) in [6.45, 7) is 1.60. The molecule has 11 heteroatoms. The number of nitrogens with zero attached hydrogens (tertiary/aromatic N) is 4. The topological polar surface area (TPSA) is 104 Å². The third kappa shape index (κ3) is 4.92. The van der Waals surface area contributed by atoms with Gasteiger partial charge in [0.05, 0.1) is 56.7 Å². The molecule has 0 spiro atoms. The standard InChI is InChI=1S/C19H21F2N5O4/c1-11(27)8-26-9-12(5-24-26)25-16-6-23-17(7-22-16)30-10-13-18(20)14(28-2)4-15(29-3)19(13)21/h4-7,9,11,27H,8,10H2,1-3H3,(H,22,25)/t11-/m0/s1. The summed E-state index contributed by atoms with van der Waals surface area (Å²) in [5.41, 5.74) is 0.312. The van der Waals surface area contributed by atoms with Crippen LogP contribution < -0.4 is 19.5 Å². The molecule has 0 saturated carbocycles. The van der Waals surface area contributed by atoms with Crippen LogP contribution in [0, 0.1) is 11.6 Å². The van der Waals surface area contributed by atoms with Crippen LogP contribution in [0.5, 0.6) is 17.4 Å². The fourth-order valence-electron chi connectivity index (χ4n) is 2.61. The van der Waals surface area contributed by atoms with Crippen molar-refractivity contribution in [3.63, 3.8) is 0 Å². The van der Waals surface area contributed by atoms with E-state index in [1.807, 2.05) is 0 Å². The molecule has 0 amide bonds. The SMILES string of the molecule is COc1cc(OC)c(F)c(COc2cnc(Nc3cnn(C[C@H](C)O)c3)cn2)c1F. The minimum atomic E-state index is -0.878. The molecule has 0 aliphatic heterocycles. The van der Waals surface area contributed by atoms with E-state index in [1.54, 1.807) is 24.0 Å². The molecule has 0 unspecified atom stereocenters. The number of rotatable bonds is 9. The molecule has 1 atom stereocenters. The predicted molar refractivity (Wildman–Crippen MR) is 103 cm³/mol. The van der Waals surface area contributed by atoms with Gasteiger partial charge < -0.3 is 24.6 Å². The lowest BCUT2D eigenvalue weighted by Crippen LogP contribution is -2.11. The molecule has 0 radical (unpaired) electrons. The molecule has 30 heavy (non-hydrogen) atoms. The Labute approximate surface area is 171 Å². The Morgan fingerprint density at radius 2 is 1.80 bits per heavy atom. The third-order valence-electron chi connectivity index (χ3n) is 4.01. The summed E-state index contributed by atoms with van der Waals surface area (Å²) in [6, 6.07) is 1.12. The fraction of sp³-hybridized carbons (Fsp3) is 0.316. The van der Waals surface area contributed by atoms with Gasteiger partial charge in [-0.2, -0.15) is 5.10 Å². The van der Waals surface area contributed by atoms with Crippen LogP contribution in [0.2, 0.25) is 0 Å². The minimum absolute atomic E-state index is 0.0749. The first-order chi connectivity index (χ1) is 14.4. The Balaban J connectivity index is 1.66. The quantitative estimate of drug-likeness (QED) is 0.544. The number of benzene rings is 1. The highest BCUT2D eigenvalue weighted by molar-refractivity contribution is 5.52. The molecule has 0 saturated heterocycles. The molecule has 160 valence electrons. The average Bonchev–Trinajstić information content (AvgIpc) is 3.15. The summed E-state index contributed by atoms with van der Waals surface area (Å²) >= 11 is 0. The van der Waals surface area contributed by atoms with Gasteiger partial charge in [-0.05, 0) is 6.92 Å². The van der Waals surface area contributed by atoms with E-state index in [0.717, 1.165) is 6.07 Å². The third-order valence-corrected chi connectivity index (χ3v) is 4.01. The number of aromatic nitrogens is 4. The summed E-state index contributed by atoms with van der Waals surface area (Å²) in [6.07, 6.45) is 5.49. The first-order valence-electron chi connectivity index (χ1n) is 8.92. The van der Waals surface area contributed by atoms with Gasteiger partial charge in [0.15, 0.2) is 23.1 Å². The smallest absolute Gasteiger partial charge is 0.232 e. The number of aliphatic hydroxyl groups excluding tert-OH is 1. The minimum Gasteiger partial charge on any atom is -0.494 e. The Morgan fingerprint density at radius 3 is 2.37 bits per heavy atom. The van der Waals surface area contributed by atoms with Crippen molar-refractivity contribution in [3.05, 3.63) is 48.1 Å². The number of nitrogens with one attached hydrogen (secondary N) is 1. The Morgan fingerprint density at radius 1 is 1.10 bits per heavy atom. The van der Waals surface area contributed by atoms with Crippen LogP contribution in [-0.4, -0.2) is 45.2 Å². The van der Waals surface area contributed by atoms with Gasteiger partial charge in [0, 0.05) is 12.3 Å². The van der Waals surface area contributed by atoms with E-state index in [-0.39, 0.29) is 22.9 Å². The van der Waals surface area contributed by atoms with Gasteiger partial charge >= 0.3 is 0 Å². The zero-order valence-corrected chi connectivity index (χ0v) is 16.6. The summed E-state index contributed by atoms with van der Waals surface area (Å²) in [5.74, 6) is -1.58. The van der Waals surface area contributed by atoms with Crippen LogP contribution in [0.25, 0.3) is 0 Å². The molecule has 0 aliphatic rings. The van der Waals surface area contributed by atoms with E-state index in [0.29, 0.717) is 18.1 Å². The number of aliphatic hydroxyl groups is 1. The molecule has 9 nitrogen and oxygen atoms in total. The number of hydrogen-bond acceptors (Lipinski definition) is 8. The van der Waals surface area contributed by atoms with Crippen LogP contribution in [0.4, 0.5) is 20.3 Å². The van der Waals surface area contributed by atoms with Crippen molar-refractivity contribution in [2.24, 2.45) is 0 Å². The van der Waals surface area contributed by atoms with Gasteiger partial charge in [-0.25, -0.2) is 18.7 Å². The fourth-order valence-corrected chi connectivity index (χ4v) is 2.61. The second kappa shape index (κ2) is 9.35. The summed E-state index contributed by atoms with van der Waals surface area (Å²) in [5, 5.41) is 16.5. The number of anilines is 2. The molecule has 3 aromatic rings. The normalized spacial score (nSPS) is 11.8. The summed E-state index contributed by atoms with van der Waals surface area (Å²) in [4.78, 5) is 8.21. The summed E-state index contributed by atoms with van der Waals surface area (Å²) < 4.78 is 45.5. The van der Waals surface area contributed by atoms with Crippen molar-refractivity contribution >= 4 is 11.5 Å². The summed E-state index contributed by atoms with van der Waals surface area (Å²) in [7, 11) is 2.54. The lowest BCUT2D eigenvalue weighted by atomic mass is 10.1. The van der Waals surface area contributed by atoms with Crippen LogP contribution in [-0.2, 0) is 13.2 Å². The van der Waals surface area contributed by atoms with Gasteiger partial charge in [0.1, 0.15) is 12.4 Å². The average molecular weight is 421 g/mol. The molecule has 0 fully saturated rings. The largest absolute Gasteiger partial charge is 0.494 e. The highest BCUT2D eigenvalue weighted by atomic mass is 19.1. The monoisotopic (exact) mass is 421 g/mol. The lowest BCUT2D eigenvalue weighted by molar-refractivity contribution is 0.168. The second-order valence-corrected chi connectivity index (χ2v) is 6.34. The van der Waals surface area contributed by atoms with Gasteiger partial charge in [-0.3, -0.25) is 4.68 Å². The van der Waals surface area contributed by atoms with Crippen LogP contribution in [0.15, 0.2) is 30.9 Å². The molecular weight excluding hydrogens is 400 g/mol. The highest BCUT2D eigenvalue weighted by Gasteiger charge is 2.20. The van der Waals surface area contributed by atoms with Gasteiger partial charge in [0.25, 0.3) is 0 Å². The molecule has 1 aromatic carbocycles. The van der Waals surface area contributed by atoms with E-state index in [2.05, 4.69) is 20.4 Å². The van der Waals surface area contributed by atoms with Crippen molar-refractivity contribution in [1.29, 1.82) is 0 Å². The number of ether oxygens (including phenoxy) is 3. The first kappa shape index (κ1) is 21.2. The maximum absolute atomic E-state index is 14.4. The van der Waals surface area contributed by atoms with E-state index < -0.39 is 24.3 Å². The maximum Gasteiger partial charge on any atom is 0.232 e. The predicted octanol–water partition coefficient (Wildman–Crippen LogP) is 2.67. The zero-order chi connectivity index (χ0) is 21.7. The molecule has 2 heterocycles. The number of halogens is 2. The first-order valence-corrected chi connectivity index (χ1v) is 8.92. The van der Waals surface area contributed by atoms with E-state index >= 15 is 0 Å². The molecular formula is C19H21F2N5O4. The van der Waals surface area contributed by atoms with Crippen LogP contribution in [0.1, 0.15) is 12.5 Å². The molecule has 0 bridgehead atoms. The van der Waals surface area contributed by atoms with Crippen molar-refractivity contribution in [1.82, 2.24) is 19.7 Å². The van der Waals surface area contributed by atoms with E-state index in [4.69, 9.17) is 14.2 Å². The number of hydrogen-bond donors (Lipinski definition) is 2. The van der Waals surface area contributed by atoms with Gasteiger partial charge in [-0.1, -0.05) is 0 Å². The van der Waals surface area contributed by atoms with Crippen molar-refractivity contribution < 1.29 is 28.1 Å². The van der Waals surface area contributed by atoms with E-state index in [1.165, 1.54) is 26.6 Å². The van der Waals surface area contributed by atoms with Gasteiger partial charge in [-0.15, -0.1) is 0 Å². The Hall–Kier alpha value is -3.47. The van der Waals surface area contributed by atoms with Crippen molar-refractivity contribution in [2.45, 2.75) is 26.2 Å². The lowest BCUT2D eigenvalue weighted by Gasteiger charge is -2.13. The Bertz CT molecular complexity index is 967. The zero-order valence-electron chi connectivity index (χ0n) is 16.6. The molecule has 0 aliphatic carbocycles. The van der Waals surface area contributed by atoms with Gasteiger partial charge in [0.2, 0.25) is 5.88 Å². The molecule has 3 rings (SSSR count). The molecule has 2 N–H and O–H groups in total. The molecule has 2 aromatic heterocycles. The van der Waals surface area contributed by atoms with Crippen molar-refractivity contribution in [2.75, 3.05) is 19.5 Å². The highest BCUT2D eigenvalue weighted by Crippen LogP contribution is 2.31. The van der Waals surface area contributed by atoms with E-state index in [9.17, 15) is 13.9 Å². The van der Waals surface area contributed by atoms with Crippen LogP contribution in [0.3, 0.4) is 0 Å². The van der Waals surface area contributed by atoms with Crippen molar-refractivity contribution in [3.8, 4) is 17.4 Å². The Kier molecular flexibility index (Phi) is 6.62. The van der Waals surface area contributed by atoms with Crippen LogP contribution >= 0.6 is 0 Å².